The number of nitrogens with zero attached hydrogens (tertiary/aromatic N) is 3. The summed E-state index contributed by atoms with van der Waals surface area (Å²) in [6, 6.07) is 2.62. The van der Waals surface area contributed by atoms with Crippen LogP contribution in [-0.2, 0) is 0 Å². The molecule has 1 aromatic carbocycles. The highest BCUT2D eigenvalue weighted by Crippen LogP contribution is 2.12. The van der Waals surface area contributed by atoms with E-state index in [0.29, 0.717) is 0 Å². The average molecular weight is 309 g/mol. The molecule has 0 saturated carbocycles. The molecule has 0 aliphatic heterocycles. The molecule has 1 aromatic heterocycles. The van der Waals surface area contributed by atoms with Crippen molar-refractivity contribution in [2.75, 3.05) is 0 Å². The van der Waals surface area contributed by atoms with Gasteiger partial charge in [-0.1, -0.05) is 13.8 Å². The van der Waals surface area contributed by atoms with Crippen molar-refractivity contribution in [2.24, 2.45) is 0 Å². The van der Waals surface area contributed by atoms with Crippen molar-refractivity contribution in [3.63, 3.8) is 0 Å². The second-order valence-electron chi connectivity index (χ2n) is 5.60. The maximum Gasteiger partial charge on any atom is 0.352 e. The quantitative estimate of drug-likeness (QED) is 0.874. The zero-order valence-electron chi connectivity index (χ0n) is 12.8. The minimum Gasteiger partial charge on any atom is -0.267 e. The van der Waals surface area contributed by atoms with Gasteiger partial charge in [0.25, 0.3) is 5.56 Å². The first-order valence-electron chi connectivity index (χ1n) is 6.95. The average Bonchev–Trinajstić information content (AvgIpc) is 2.42. The van der Waals surface area contributed by atoms with Crippen molar-refractivity contribution in [1.82, 2.24) is 14.3 Å². The van der Waals surface area contributed by atoms with Gasteiger partial charge in [-0.2, -0.15) is 5.10 Å². The Kier molecular flexibility index (Phi) is 4.25. The molecule has 0 aliphatic rings. The number of aromatic nitrogens is 3. The lowest BCUT2D eigenvalue weighted by molar-refractivity contribution is 0.455. The van der Waals surface area contributed by atoms with Gasteiger partial charge >= 0.3 is 5.69 Å². The van der Waals surface area contributed by atoms with Crippen molar-refractivity contribution in [3.05, 3.63) is 56.4 Å². The molecule has 0 atom stereocenters. The highest BCUT2D eigenvalue weighted by molar-refractivity contribution is 5.33. The fourth-order valence-electron chi connectivity index (χ4n) is 2.06. The summed E-state index contributed by atoms with van der Waals surface area (Å²) >= 11 is 0. The molecule has 2 aromatic rings. The van der Waals surface area contributed by atoms with Crippen LogP contribution < -0.4 is 11.2 Å². The van der Waals surface area contributed by atoms with Crippen molar-refractivity contribution >= 4 is 0 Å². The van der Waals surface area contributed by atoms with Crippen LogP contribution >= 0.6 is 0 Å². The van der Waals surface area contributed by atoms with Gasteiger partial charge in [-0.15, -0.1) is 0 Å². The standard InChI is InChI=1S/C15H17F2N3O2/c1-8(2)13-14(21)19(15(22)20(18-13)9(3)4)10-5-6-11(16)12(17)7-10/h5-9H,1-4H3. The Labute approximate surface area is 125 Å². The molecule has 1 heterocycles. The minimum atomic E-state index is -1.12. The molecule has 0 N–H and O–H groups in total. The van der Waals surface area contributed by atoms with E-state index in [2.05, 4.69) is 5.10 Å². The van der Waals surface area contributed by atoms with Crippen LogP contribution in [0, 0.1) is 11.6 Å². The number of benzene rings is 1. The summed E-state index contributed by atoms with van der Waals surface area (Å²) in [5, 5.41) is 4.10. The summed E-state index contributed by atoms with van der Waals surface area (Å²) in [6.45, 7) is 7.04. The van der Waals surface area contributed by atoms with Gasteiger partial charge in [0.05, 0.1) is 11.7 Å². The third kappa shape index (κ3) is 2.70. The van der Waals surface area contributed by atoms with Crippen molar-refractivity contribution in [1.29, 1.82) is 0 Å². The second kappa shape index (κ2) is 5.82. The SMILES string of the molecule is CC(C)c1nn(C(C)C)c(=O)n(-c2ccc(F)c(F)c2)c1=O. The topological polar surface area (TPSA) is 56.9 Å². The summed E-state index contributed by atoms with van der Waals surface area (Å²) in [4.78, 5) is 24.9. The minimum absolute atomic E-state index is 0.0207. The van der Waals surface area contributed by atoms with Crippen molar-refractivity contribution < 1.29 is 8.78 Å². The molecule has 0 radical (unpaired) electrons. The van der Waals surface area contributed by atoms with Crippen LogP contribution in [0.5, 0.6) is 0 Å². The molecular formula is C15H17F2N3O2. The van der Waals surface area contributed by atoms with Gasteiger partial charge in [0.2, 0.25) is 0 Å². The van der Waals surface area contributed by atoms with Gasteiger partial charge in [0.1, 0.15) is 5.69 Å². The Hall–Kier alpha value is -2.31. The van der Waals surface area contributed by atoms with Gasteiger partial charge in [0, 0.05) is 12.0 Å². The summed E-state index contributed by atoms with van der Waals surface area (Å²) in [6.07, 6.45) is 0. The van der Waals surface area contributed by atoms with Crippen LogP contribution in [0.3, 0.4) is 0 Å². The molecule has 0 bridgehead atoms. The third-order valence-electron chi connectivity index (χ3n) is 3.22. The Morgan fingerprint density at radius 2 is 1.68 bits per heavy atom. The van der Waals surface area contributed by atoms with E-state index < -0.39 is 22.9 Å². The molecule has 0 fully saturated rings. The number of hydrogen-bond donors (Lipinski definition) is 0. The molecule has 0 amide bonds. The molecule has 2 rings (SSSR count). The highest BCUT2D eigenvalue weighted by Gasteiger charge is 2.19. The van der Waals surface area contributed by atoms with E-state index in [0.717, 1.165) is 21.4 Å². The number of rotatable bonds is 3. The molecule has 0 spiro atoms. The first kappa shape index (κ1) is 16.1. The number of hydrogen-bond acceptors (Lipinski definition) is 3. The zero-order chi connectivity index (χ0) is 16.6. The molecule has 0 saturated heterocycles. The molecule has 0 unspecified atom stereocenters. The largest absolute Gasteiger partial charge is 0.352 e. The molecule has 118 valence electrons. The summed E-state index contributed by atoms with van der Waals surface area (Å²) in [7, 11) is 0. The fourth-order valence-corrected chi connectivity index (χ4v) is 2.06. The van der Waals surface area contributed by atoms with Gasteiger partial charge in [-0.25, -0.2) is 22.8 Å². The lowest BCUT2D eigenvalue weighted by Crippen LogP contribution is -2.43. The van der Waals surface area contributed by atoms with Crippen LogP contribution in [-0.4, -0.2) is 14.3 Å². The smallest absolute Gasteiger partial charge is 0.267 e. The van der Waals surface area contributed by atoms with E-state index in [4.69, 9.17) is 0 Å². The Morgan fingerprint density at radius 1 is 1.05 bits per heavy atom. The van der Waals surface area contributed by atoms with Gasteiger partial charge in [0.15, 0.2) is 11.6 Å². The summed E-state index contributed by atoms with van der Waals surface area (Å²) < 4.78 is 28.5. The van der Waals surface area contributed by atoms with Gasteiger partial charge < -0.3 is 0 Å². The van der Waals surface area contributed by atoms with Crippen LogP contribution in [0.4, 0.5) is 8.78 Å². The molecule has 22 heavy (non-hydrogen) atoms. The molecule has 5 nitrogen and oxygen atoms in total. The normalized spacial score (nSPS) is 11.5. The van der Waals surface area contributed by atoms with E-state index in [9.17, 15) is 18.4 Å². The number of halogens is 2. The molecule has 7 heteroatoms. The third-order valence-corrected chi connectivity index (χ3v) is 3.22. The van der Waals surface area contributed by atoms with E-state index in [-0.39, 0.29) is 23.3 Å². The van der Waals surface area contributed by atoms with E-state index in [1.54, 1.807) is 27.7 Å². The second-order valence-corrected chi connectivity index (χ2v) is 5.60. The lowest BCUT2D eigenvalue weighted by Gasteiger charge is -2.15. The van der Waals surface area contributed by atoms with Crippen LogP contribution in [0.15, 0.2) is 27.8 Å². The highest BCUT2D eigenvalue weighted by atomic mass is 19.2. The zero-order valence-corrected chi connectivity index (χ0v) is 12.8. The predicted octanol–water partition coefficient (Wildman–Crippen LogP) is 2.38. The predicted molar refractivity (Wildman–Crippen MR) is 78.5 cm³/mol. The van der Waals surface area contributed by atoms with Gasteiger partial charge in [-0.3, -0.25) is 4.79 Å². The molecular weight excluding hydrogens is 292 g/mol. The summed E-state index contributed by atoms with van der Waals surface area (Å²) in [5.41, 5.74) is -1.14. The Morgan fingerprint density at radius 3 is 2.18 bits per heavy atom. The first-order chi connectivity index (χ1) is 10.2. The van der Waals surface area contributed by atoms with Crippen molar-refractivity contribution in [3.8, 4) is 5.69 Å². The van der Waals surface area contributed by atoms with E-state index >= 15 is 0 Å². The maximum atomic E-state index is 13.4. The monoisotopic (exact) mass is 309 g/mol. The van der Waals surface area contributed by atoms with Crippen LogP contribution in [0.1, 0.15) is 45.3 Å². The van der Waals surface area contributed by atoms with Crippen LogP contribution in [0.2, 0.25) is 0 Å². The Bertz CT molecular complexity index is 782. The van der Waals surface area contributed by atoms with E-state index in [1.165, 1.54) is 6.07 Å². The van der Waals surface area contributed by atoms with Crippen molar-refractivity contribution in [2.45, 2.75) is 39.7 Å². The first-order valence-corrected chi connectivity index (χ1v) is 6.95. The van der Waals surface area contributed by atoms with E-state index in [1.807, 2.05) is 0 Å². The molecule has 0 aliphatic carbocycles. The van der Waals surface area contributed by atoms with Crippen LogP contribution in [0.25, 0.3) is 5.69 Å². The van der Waals surface area contributed by atoms with Gasteiger partial charge in [-0.05, 0) is 26.0 Å². The Balaban J connectivity index is 2.87. The maximum absolute atomic E-state index is 13.4. The lowest BCUT2D eigenvalue weighted by atomic mass is 10.1. The fraction of sp³-hybridized carbons (Fsp3) is 0.400. The summed E-state index contributed by atoms with van der Waals surface area (Å²) in [5.74, 6) is -2.38.